The van der Waals surface area contributed by atoms with Crippen LogP contribution in [0.1, 0.15) is 5.56 Å². The maximum atomic E-state index is 13.4. The maximum absolute atomic E-state index is 13.4. The molecule has 0 atom stereocenters. The summed E-state index contributed by atoms with van der Waals surface area (Å²) in [5, 5.41) is 18.0. The van der Waals surface area contributed by atoms with Gasteiger partial charge in [-0.2, -0.15) is 0 Å². The largest absolute Gasteiger partial charge is 0.488 e. The maximum Gasteiger partial charge on any atom is 0.488 e. The summed E-state index contributed by atoms with van der Waals surface area (Å²) in [6.07, 6.45) is 3.25. The SMILES string of the molecule is OB(O)c1ccc(F)c(OCc2cccnc2)c1. The number of hydrogen-bond donors (Lipinski definition) is 2. The molecule has 6 heteroatoms. The van der Waals surface area contributed by atoms with Crippen molar-refractivity contribution in [2.75, 3.05) is 0 Å². The van der Waals surface area contributed by atoms with E-state index >= 15 is 0 Å². The van der Waals surface area contributed by atoms with Gasteiger partial charge in [0.15, 0.2) is 11.6 Å². The van der Waals surface area contributed by atoms with Crippen LogP contribution in [0.25, 0.3) is 0 Å². The average molecular weight is 247 g/mol. The highest BCUT2D eigenvalue weighted by Crippen LogP contribution is 2.16. The predicted octanol–water partition coefficient (Wildman–Crippen LogP) is 0.479. The van der Waals surface area contributed by atoms with Crippen LogP contribution in [-0.4, -0.2) is 22.2 Å². The molecule has 2 N–H and O–H groups in total. The van der Waals surface area contributed by atoms with E-state index in [1.54, 1.807) is 24.5 Å². The summed E-state index contributed by atoms with van der Waals surface area (Å²) >= 11 is 0. The lowest BCUT2D eigenvalue weighted by Gasteiger charge is -2.08. The molecule has 0 unspecified atom stereocenters. The minimum absolute atomic E-state index is 0.0237. The molecule has 1 heterocycles. The number of nitrogens with zero attached hydrogens (tertiary/aromatic N) is 1. The van der Waals surface area contributed by atoms with Crippen molar-refractivity contribution in [3.05, 3.63) is 54.1 Å². The first kappa shape index (κ1) is 12.5. The van der Waals surface area contributed by atoms with Gasteiger partial charge in [0.25, 0.3) is 0 Å². The molecule has 0 aliphatic carbocycles. The van der Waals surface area contributed by atoms with Crippen molar-refractivity contribution in [3.8, 4) is 5.75 Å². The van der Waals surface area contributed by atoms with Crippen LogP contribution in [0.4, 0.5) is 4.39 Å². The van der Waals surface area contributed by atoms with Gasteiger partial charge in [-0.15, -0.1) is 0 Å². The second-order valence-corrected chi connectivity index (χ2v) is 3.71. The first-order chi connectivity index (χ1) is 8.66. The molecule has 0 saturated carbocycles. The van der Waals surface area contributed by atoms with Gasteiger partial charge in [0.05, 0.1) is 0 Å². The van der Waals surface area contributed by atoms with Gasteiger partial charge in [0.2, 0.25) is 0 Å². The van der Waals surface area contributed by atoms with Crippen molar-refractivity contribution in [2.24, 2.45) is 0 Å². The van der Waals surface area contributed by atoms with E-state index in [4.69, 9.17) is 14.8 Å². The lowest BCUT2D eigenvalue weighted by Crippen LogP contribution is -2.29. The van der Waals surface area contributed by atoms with E-state index in [2.05, 4.69) is 4.98 Å². The third kappa shape index (κ3) is 3.06. The zero-order valence-corrected chi connectivity index (χ0v) is 9.45. The van der Waals surface area contributed by atoms with E-state index < -0.39 is 12.9 Å². The summed E-state index contributed by atoms with van der Waals surface area (Å²) in [5.74, 6) is -0.576. The summed E-state index contributed by atoms with van der Waals surface area (Å²) < 4.78 is 18.7. The number of rotatable bonds is 4. The zero-order valence-electron chi connectivity index (χ0n) is 9.45. The number of halogens is 1. The van der Waals surface area contributed by atoms with Gasteiger partial charge < -0.3 is 14.8 Å². The van der Waals surface area contributed by atoms with Crippen molar-refractivity contribution in [1.29, 1.82) is 0 Å². The fourth-order valence-electron chi connectivity index (χ4n) is 1.44. The summed E-state index contributed by atoms with van der Waals surface area (Å²) in [6.45, 7) is 0.162. The minimum atomic E-state index is -1.65. The standard InChI is InChI=1S/C12H11BFNO3/c14-11-4-3-10(13(16)17)6-12(11)18-8-9-2-1-5-15-7-9/h1-7,16-17H,8H2. The highest BCUT2D eigenvalue weighted by Gasteiger charge is 2.14. The van der Waals surface area contributed by atoms with Crippen molar-refractivity contribution in [1.82, 2.24) is 4.98 Å². The first-order valence-electron chi connectivity index (χ1n) is 5.34. The van der Waals surface area contributed by atoms with Gasteiger partial charge in [0.1, 0.15) is 6.61 Å². The summed E-state index contributed by atoms with van der Waals surface area (Å²) in [6, 6.07) is 7.24. The lowest BCUT2D eigenvalue weighted by molar-refractivity contribution is 0.290. The van der Waals surface area contributed by atoms with Crippen LogP contribution in [0, 0.1) is 5.82 Å². The van der Waals surface area contributed by atoms with E-state index in [-0.39, 0.29) is 17.8 Å². The number of hydrogen-bond acceptors (Lipinski definition) is 4. The van der Waals surface area contributed by atoms with Gasteiger partial charge in [-0.05, 0) is 23.7 Å². The highest BCUT2D eigenvalue weighted by atomic mass is 19.1. The van der Waals surface area contributed by atoms with Crippen LogP contribution in [0.5, 0.6) is 5.75 Å². The van der Waals surface area contributed by atoms with Crippen LogP contribution in [0.2, 0.25) is 0 Å². The Morgan fingerprint density at radius 2 is 2.11 bits per heavy atom. The molecule has 2 rings (SSSR count). The Bertz CT molecular complexity index is 522. The Morgan fingerprint density at radius 1 is 1.28 bits per heavy atom. The van der Waals surface area contributed by atoms with Crippen LogP contribution in [-0.2, 0) is 6.61 Å². The lowest BCUT2D eigenvalue weighted by atomic mass is 9.80. The van der Waals surface area contributed by atoms with Crippen molar-refractivity contribution >= 4 is 12.6 Å². The summed E-state index contributed by atoms with van der Waals surface area (Å²) in [5.41, 5.74) is 0.976. The average Bonchev–Trinajstić information content (AvgIpc) is 2.38. The topological polar surface area (TPSA) is 62.6 Å². The molecule has 0 bridgehead atoms. The molecular weight excluding hydrogens is 236 g/mol. The fraction of sp³-hybridized carbons (Fsp3) is 0.0833. The molecule has 18 heavy (non-hydrogen) atoms. The Morgan fingerprint density at radius 3 is 2.78 bits per heavy atom. The monoisotopic (exact) mass is 247 g/mol. The Balaban J connectivity index is 2.11. The van der Waals surface area contributed by atoms with Crippen molar-refractivity contribution < 1.29 is 19.2 Å². The zero-order chi connectivity index (χ0) is 13.0. The number of benzene rings is 1. The molecular formula is C12H11BFNO3. The van der Waals surface area contributed by atoms with E-state index in [9.17, 15) is 4.39 Å². The van der Waals surface area contributed by atoms with Crippen molar-refractivity contribution in [3.63, 3.8) is 0 Å². The van der Waals surface area contributed by atoms with E-state index in [1.165, 1.54) is 12.1 Å². The van der Waals surface area contributed by atoms with Gasteiger partial charge >= 0.3 is 7.12 Å². The molecule has 2 aromatic rings. The van der Waals surface area contributed by atoms with Crippen molar-refractivity contribution in [2.45, 2.75) is 6.61 Å². The molecule has 0 fully saturated rings. The Kier molecular flexibility index (Phi) is 3.91. The quantitative estimate of drug-likeness (QED) is 0.771. The fourth-order valence-corrected chi connectivity index (χ4v) is 1.44. The van der Waals surface area contributed by atoms with Crippen LogP contribution >= 0.6 is 0 Å². The first-order valence-corrected chi connectivity index (χ1v) is 5.34. The molecule has 4 nitrogen and oxygen atoms in total. The normalized spacial score (nSPS) is 10.2. The van der Waals surface area contributed by atoms with Crippen LogP contribution in [0.15, 0.2) is 42.7 Å². The van der Waals surface area contributed by atoms with Crippen LogP contribution < -0.4 is 10.2 Å². The van der Waals surface area contributed by atoms with Gasteiger partial charge in [-0.1, -0.05) is 12.1 Å². The predicted molar refractivity (Wildman–Crippen MR) is 64.8 cm³/mol. The Labute approximate surface area is 104 Å². The van der Waals surface area contributed by atoms with Crippen LogP contribution in [0.3, 0.4) is 0 Å². The third-order valence-electron chi connectivity index (χ3n) is 2.37. The smallest absolute Gasteiger partial charge is 0.486 e. The second-order valence-electron chi connectivity index (χ2n) is 3.71. The van der Waals surface area contributed by atoms with E-state index in [0.717, 1.165) is 11.6 Å². The molecule has 0 amide bonds. The third-order valence-corrected chi connectivity index (χ3v) is 2.37. The molecule has 1 aromatic heterocycles. The second kappa shape index (κ2) is 5.62. The molecule has 92 valence electrons. The Hall–Kier alpha value is -1.92. The van der Waals surface area contributed by atoms with Gasteiger partial charge in [0, 0.05) is 18.0 Å². The summed E-state index contributed by atoms with van der Waals surface area (Å²) in [4.78, 5) is 3.91. The molecule has 0 saturated heterocycles. The molecule has 1 aromatic carbocycles. The van der Waals surface area contributed by atoms with Gasteiger partial charge in [-0.25, -0.2) is 4.39 Å². The number of pyridine rings is 1. The highest BCUT2D eigenvalue weighted by molar-refractivity contribution is 6.58. The van der Waals surface area contributed by atoms with E-state index in [1.807, 2.05) is 0 Å². The minimum Gasteiger partial charge on any atom is -0.486 e. The number of aromatic nitrogens is 1. The molecule has 0 aliphatic heterocycles. The molecule has 0 radical (unpaired) electrons. The van der Waals surface area contributed by atoms with Gasteiger partial charge in [-0.3, -0.25) is 4.98 Å². The van der Waals surface area contributed by atoms with E-state index in [0.29, 0.717) is 0 Å². The number of ether oxygens (including phenoxy) is 1. The molecule has 0 spiro atoms. The summed E-state index contributed by atoms with van der Waals surface area (Å²) in [7, 11) is -1.65. The molecule has 0 aliphatic rings.